The van der Waals surface area contributed by atoms with Crippen LogP contribution in [-0.4, -0.2) is 6.61 Å². The molecule has 0 saturated carbocycles. The van der Waals surface area contributed by atoms with Crippen molar-refractivity contribution in [2.24, 2.45) is 5.73 Å². The number of aryl methyl sites for hydroxylation is 2. The van der Waals surface area contributed by atoms with Gasteiger partial charge in [-0.25, -0.2) is 0 Å². The summed E-state index contributed by atoms with van der Waals surface area (Å²) in [6, 6.07) is 15.0. The maximum atomic E-state index is 6.36. The molecule has 3 rings (SSSR count). The number of nitrogens with two attached hydrogens (primary N) is 1. The largest absolute Gasteiger partial charge is 0.494 e. The van der Waals surface area contributed by atoms with Crippen LogP contribution < -0.4 is 10.5 Å². The highest BCUT2D eigenvalue weighted by Gasteiger charge is 2.13. The van der Waals surface area contributed by atoms with Crippen LogP contribution in [0.5, 0.6) is 5.75 Å². The topological polar surface area (TPSA) is 35.2 Å². The molecule has 0 aliphatic heterocycles. The molecule has 0 amide bonds. The van der Waals surface area contributed by atoms with Gasteiger partial charge in [-0.1, -0.05) is 30.3 Å². The lowest BCUT2D eigenvalue weighted by molar-refractivity contribution is 0.340. The fourth-order valence-electron chi connectivity index (χ4n) is 3.10. The third-order valence-corrected chi connectivity index (χ3v) is 4.24. The van der Waals surface area contributed by atoms with E-state index < -0.39 is 0 Å². The van der Waals surface area contributed by atoms with Crippen LogP contribution in [0, 0.1) is 0 Å². The second kappa shape index (κ2) is 6.31. The normalized spacial score (nSPS) is 14.8. The highest BCUT2D eigenvalue weighted by atomic mass is 16.5. The van der Waals surface area contributed by atoms with Crippen molar-refractivity contribution < 1.29 is 4.74 Å². The van der Waals surface area contributed by atoms with Gasteiger partial charge in [0.2, 0.25) is 0 Å². The molecule has 21 heavy (non-hydrogen) atoms. The number of rotatable bonds is 5. The monoisotopic (exact) mass is 281 g/mol. The van der Waals surface area contributed by atoms with Gasteiger partial charge in [-0.3, -0.25) is 0 Å². The predicted octanol–water partition coefficient (Wildman–Crippen LogP) is 3.82. The first kappa shape index (κ1) is 14.2. The zero-order valence-corrected chi connectivity index (χ0v) is 12.6. The minimum absolute atomic E-state index is 0.0418. The number of hydrogen-bond acceptors (Lipinski definition) is 2. The maximum Gasteiger partial charge on any atom is 0.119 e. The van der Waals surface area contributed by atoms with Crippen molar-refractivity contribution in [1.82, 2.24) is 0 Å². The Labute approximate surface area is 126 Å². The van der Waals surface area contributed by atoms with Gasteiger partial charge in [0, 0.05) is 6.04 Å². The van der Waals surface area contributed by atoms with E-state index in [0.717, 1.165) is 12.2 Å². The second-order valence-corrected chi connectivity index (χ2v) is 5.77. The van der Waals surface area contributed by atoms with Crippen LogP contribution >= 0.6 is 0 Å². The SMILES string of the molecule is CCOc1ccc(C(N)Cc2ccc3c(c2)CCC3)cc1. The molecular weight excluding hydrogens is 258 g/mol. The molecule has 2 heteroatoms. The Bertz CT molecular complexity index is 603. The van der Waals surface area contributed by atoms with Crippen molar-refractivity contribution in [3.63, 3.8) is 0 Å². The number of hydrogen-bond donors (Lipinski definition) is 1. The van der Waals surface area contributed by atoms with Crippen LogP contribution in [0.25, 0.3) is 0 Å². The van der Waals surface area contributed by atoms with E-state index in [4.69, 9.17) is 10.5 Å². The van der Waals surface area contributed by atoms with Crippen LogP contribution in [0.1, 0.15) is 41.6 Å². The van der Waals surface area contributed by atoms with Crippen LogP contribution in [-0.2, 0) is 19.3 Å². The molecule has 1 unspecified atom stereocenters. The Kier molecular flexibility index (Phi) is 4.26. The Morgan fingerprint density at radius 2 is 1.81 bits per heavy atom. The van der Waals surface area contributed by atoms with Crippen molar-refractivity contribution in [3.8, 4) is 5.75 Å². The summed E-state index contributed by atoms with van der Waals surface area (Å²) in [6.07, 6.45) is 4.65. The molecular formula is C19H23NO. The average molecular weight is 281 g/mol. The van der Waals surface area contributed by atoms with Crippen molar-refractivity contribution in [3.05, 3.63) is 64.7 Å². The summed E-state index contributed by atoms with van der Waals surface area (Å²) in [5.74, 6) is 0.908. The van der Waals surface area contributed by atoms with Gasteiger partial charge in [-0.2, -0.15) is 0 Å². The molecule has 2 aromatic rings. The molecule has 0 radical (unpaired) electrons. The zero-order valence-electron chi connectivity index (χ0n) is 12.6. The summed E-state index contributed by atoms with van der Waals surface area (Å²) in [6.45, 7) is 2.69. The molecule has 0 fully saturated rings. The van der Waals surface area contributed by atoms with Crippen molar-refractivity contribution >= 4 is 0 Å². The van der Waals surface area contributed by atoms with Gasteiger partial charge >= 0.3 is 0 Å². The van der Waals surface area contributed by atoms with Crippen LogP contribution in [0.2, 0.25) is 0 Å². The van der Waals surface area contributed by atoms with E-state index >= 15 is 0 Å². The second-order valence-electron chi connectivity index (χ2n) is 5.77. The summed E-state index contributed by atoms with van der Waals surface area (Å²) in [4.78, 5) is 0. The molecule has 110 valence electrons. The quantitative estimate of drug-likeness (QED) is 0.904. The Balaban J connectivity index is 1.69. The summed E-state index contributed by atoms with van der Waals surface area (Å²) in [5.41, 5.74) is 11.9. The molecule has 0 bridgehead atoms. The van der Waals surface area contributed by atoms with Crippen LogP contribution in [0.3, 0.4) is 0 Å². The molecule has 2 N–H and O–H groups in total. The number of ether oxygens (including phenoxy) is 1. The fraction of sp³-hybridized carbons (Fsp3) is 0.368. The van der Waals surface area contributed by atoms with Gasteiger partial charge in [-0.05, 0) is 67.0 Å². The molecule has 2 nitrogen and oxygen atoms in total. The fourth-order valence-corrected chi connectivity index (χ4v) is 3.10. The molecule has 0 aromatic heterocycles. The summed E-state index contributed by atoms with van der Waals surface area (Å²) in [7, 11) is 0. The Morgan fingerprint density at radius 1 is 1.05 bits per heavy atom. The third kappa shape index (κ3) is 3.27. The van der Waals surface area contributed by atoms with E-state index in [1.165, 1.54) is 41.5 Å². The lowest BCUT2D eigenvalue weighted by Gasteiger charge is -2.14. The van der Waals surface area contributed by atoms with E-state index in [1.54, 1.807) is 0 Å². The summed E-state index contributed by atoms with van der Waals surface area (Å²) >= 11 is 0. The first-order valence-corrected chi connectivity index (χ1v) is 7.85. The van der Waals surface area contributed by atoms with Crippen LogP contribution in [0.4, 0.5) is 0 Å². The highest BCUT2D eigenvalue weighted by Crippen LogP contribution is 2.25. The van der Waals surface area contributed by atoms with Gasteiger partial charge < -0.3 is 10.5 Å². The number of fused-ring (bicyclic) bond motifs is 1. The molecule has 0 saturated heterocycles. The third-order valence-electron chi connectivity index (χ3n) is 4.24. The van der Waals surface area contributed by atoms with E-state index in [2.05, 4.69) is 30.3 Å². The van der Waals surface area contributed by atoms with E-state index in [0.29, 0.717) is 6.61 Å². The number of benzene rings is 2. The minimum Gasteiger partial charge on any atom is -0.494 e. The van der Waals surface area contributed by atoms with Crippen molar-refractivity contribution in [2.45, 2.75) is 38.6 Å². The van der Waals surface area contributed by atoms with Gasteiger partial charge in [0.15, 0.2) is 0 Å². The lowest BCUT2D eigenvalue weighted by atomic mass is 9.97. The smallest absolute Gasteiger partial charge is 0.119 e. The van der Waals surface area contributed by atoms with Crippen molar-refractivity contribution in [2.75, 3.05) is 6.61 Å². The lowest BCUT2D eigenvalue weighted by Crippen LogP contribution is -2.13. The van der Waals surface area contributed by atoms with E-state index in [-0.39, 0.29) is 6.04 Å². The standard InChI is InChI=1S/C19H23NO/c1-2-21-18-10-8-16(9-11-18)19(20)13-14-6-7-15-4-3-5-17(15)12-14/h6-12,19H,2-5,13,20H2,1H3. The zero-order chi connectivity index (χ0) is 14.7. The average Bonchev–Trinajstić information content (AvgIpc) is 2.96. The maximum absolute atomic E-state index is 6.36. The summed E-state index contributed by atoms with van der Waals surface area (Å²) < 4.78 is 5.47. The van der Waals surface area contributed by atoms with E-state index in [9.17, 15) is 0 Å². The molecule has 1 aliphatic rings. The molecule has 1 atom stereocenters. The molecule has 0 spiro atoms. The summed E-state index contributed by atoms with van der Waals surface area (Å²) in [5, 5.41) is 0. The van der Waals surface area contributed by atoms with Crippen molar-refractivity contribution in [1.29, 1.82) is 0 Å². The molecule has 2 aromatic carbocycles. The van der Waals surface area contributed by atoms with E-state index in [1.807, 2.05) is 19.1 Å². The Hall–Kier alpha value is -1.80. The van der Waals surface area contributed by atoms with Gasteiger partial charge in [0.05, 0.1) is 6.61 Å². The minimum atomic E-state index is 0.0418. The predicted molar refractivity (Wildman–Crippen MR) is 86.7 cm³/mol. The van der Waals surface area contributed by atoms with Gasteiger partial charge in [-0.15, -0.1) is 0 Å². The van der Waals surface area contributed by atoms with Gasteiger partial charge in [0.1, 0.15) is 5.75 Å². The van der Waals surface area contributed by atoms with Gasteiger partial charge in [0.25, 0.3) is 0 Å². The highest BCUT2D eigenvalue weighted by molar-refractivity contribution is 5.36. The Morgan fingerprint density at radius 3 is 2.57 bits per heavy atom. The van der Waals surface area contributed by atoms with Crippen LogP contribution in [0.15, 0.2) is 42.5 Å². The first-order chi connectivity index (χ1) is 10.3. The molecule has 1 aliphatic carbocycles. The first-order valence-electron chi connectivity index (χ1n) is 7.85. The molecule has 0 heterocycles.